The van der Waals surface area contributed by atoms with Crippen molar-refractivity contribution in [3.8, 4) is 0 Å². The Bertz CT molecular complexity index is 534. The highest BCUT2D eigenvalue weighted by Crippen LogP contribution is 2.40. The van der Waals surface area contributed by atoms with E-state index in [1.165, 1.54) is 25.7 Å². The Labute approximate surface area is 139 Å². The summed E-state index contributed by atoms with van der Waals surface area (Å²) >= 11 is 0. The molecule has 2 heterocycles. The Morgan fingerprint density at radius 1 is 1.13 bits per heavy atom. The van der Waals surface area contributed by atoms with E-state index < -0.39 is 0 Å². The number of carbonyl (C=O) groups excluding carboxylic acids is 1. The fraction of sp³-hybridized carbons (Fsp3) is 0.632. The largest absolute Gasteiger partial charge is 0.381 e. The summed E-state index contributed by atoms with van der Waals surface area (Å²) in [5.74, 6) is 0.102. The van der Waals surface area contributed by atoms with Gasteiger partial charge in [0.2, 0.25) is 5.91 Å². The van der Waals surface area contributed by atoms with Crippen LogP contribution in [-0.4, -0.2) is 43.7 Å². The Balaban J connectivity index is 1.51. The minimum atomic E-state index is 0.102. The number of para-hydroxylation sites is 1. The van der Waals surface area contributed by atoms with Gasteiger partial charge in [-0.05, 0) is 69.2 Å². The number of hydrogen-bond donors (Lipinski definition) is 1. The van der Waals surface area contributed by atoms with Crippen LogP contribution in [0.5, 0.6) is 0 Å². The molecule has 23 heavy (non-hydrogen) atoms. The molecule has 0 unspecified atom stereocenters. The zero-order valence-electron chi connectivity index (χ0n) is 14.4. The van der Waals surface area contributed by atoms with Gasteiger partial charge in [0, 0.05) is 18.9 Å². The number of carbonyl (C=O) groups is 1. The van der Waals surface area contributed by atoms with Crippen LogP contribution in [0, 0.1) is 19.3 Å². The second-order valence-corrected chi connectivity index (χ2v) is 7.20. The molecule has 1 N–H and O–H groups in total. The second kappa shape index (κ2) is 7.02. The van der Waals surface area contributed by atoms with Crippen LogP contribution in [-0.2, 0) is 9.53 Å². The van der Waals surface area contributed by atoms with Crippen LogP contribution in [0.1, 0.15) is 36.8 Å². The minimum absolute atomic E-state index is 0.102. The summed E-state index contributed by atoms with van der Waals surface area (Å²) < 4.78 is 5.50. The third-order valence-electron chi connectivity index (χ3n) is 5.58. The number of ether oxygens (including phenoxy) is 1. The number of nitrogens with one attached hydrogen (secondary N) is 1. The molecule has 2 aliphatic rings. The maximum Gasteiger partial charge on any atom is 0.238 e. The highest BCUT2D eigenvalue weighted by molar-refractivity contribution is 5.93. The maximum atomic E-state index is 12.4. The van der Waals surface area contributed by atoms with Gasteiger partial charge in [0.15, 0.2) is 0 Å². The number of benzene rings is 1. The first-order valence-electron chi connectivity index (χ1n) is 8.74. The molecule has 2 fully saturated rings. The summed E-state index contributed by atoms with van der Waals surface area (Å²) in [6.07, 6.45) is 4.78. The third kappa shape index (κ3) is 3.93. The van der Waals surface area contributed by atoms with Gasteiger partial charge in [0.05, 0.1) is 6.54 Å². The van der Waals surface area contributed by atoms with Gasteiger partial charge in [-0.1, -0.05) is 18.2 Å². The summed E-state index contributed by atoms with van der Waals surface area (Å²) in [4.78, 5) is 14.7. The van der Waals surface area contributed by atoms with E-state index in [9.17, 15) is 4.79 Å². The quantitative estimate of drug-likeness (QED) is 0.931. The topological polar surface area (TPSA) is 41.6 Å². The Kier molecular flexibility index (Phi) is 5.02. The van der Waals surface area contributed by atoms with Crippen molar-refractivity contribution in [2.45, 2.75) is 39.5 Å². The number of likely N-dealkylation sites (tertiary alicyclic amines) is 1. The van der Waals surface area contributed by atoms with Crippen LogP contribution in [0.25, 0.3) is 0 Å². The molecule has 0 aliphatic carbocycles. The standard InChI is InChI=1S/C19H28N2O2/c1-15-4-3-5-16(2)18(15)20-17(22)14-21-10-6-19(7-11-21)8-12-23-13-9-19/h3-5H,6-14H2,1-2H3,(H,20,22). The van der Waals surface area contributed by atoms with E-state index in [2.05, 4.69) is 10.2 Å². The van der Waals surface area contributed by atoms with Crippen molar-refractivity contribution in [3.05, 3.63) is 29.3 Å². The lowest BCUT2D eigenvalue weighted by Gasteiger charge is -2.43. The average molecular weight is 316 g/mol. The van der Waals surface area contributed by atoms with Crippen molar-refractivity contribution < 1.29 is 9.53 Å². The maximum absolute atomic E-state index is 12.4. The molecule has 1 spiro atoms. The van der Waals surface area contributed by atoms with E-state index in [-0.39, 0.29) is 5.91 Å². The van der Waals surface area contributed by atoms with Crippen molar-refractivity contribution >= 4 is 11.6 Å². The molecule has 1 aromatic carbocycles. The molecule has 4 nitrogen and oxygen atoms in total. The SMILES string of the molecule is Cc1cccc(C)c1NC(=O)CN1CCC2(CCOCC2)CC1. The van der Waals surface area contributed by atoms with Crippen LogP contribution < -0.4 is 5.32 Å². The van der Waals surface area contributed by atoms with Gasteiger partial charge in [-0.25, -0.2) is 0 Å². The molecule has 126 valence electrons. The molecule has 0 atom stereocenters. The number of aryl methyl sites for hydroxylation is 2. The lowest BCUT2D eigenvalue weighted by molar-refractivity contribution is -0.118. The van der Waals surface area contributed by atoms with E-state index in [0.717, 1.165) is 43.1 Å². The van der Waals surface area contributed by atoms with Crippen LogP contribution in [0.2, 0.25) is 0 Å². The molecule has 0 radical (unpaired) electrons. The first kappa shape index (κ1) is 16.5. The summed E-state index contributed by atoms with van der Waals surface area (Å²) in [7, 11) is 0. The van der Waals surface area contributed by atoms with Crippen molar-refractivity contribution in [2.24, 2.45) is 5.41 Å². The molecule has 4 heteroatoms. The smallest absolute Gasteiger partial charge is 0.238 e. The molecule has 0 bridgehead atoms. The van der Waals surface area contributed by atoms with Gasteiger partial charge in [-0.3, -0.25) is 9.69 Å². The highest BCUT2D eigenvalue weighted by atomic mass is 16.5. The van der Waals surface area contributed by atoms with Crippen molar-refractivity contribution in [1.82, 2.24) is 4.90 Å². The van der Waals surface area contributed by atoms with E-state index in [0.29, 0.717) is 12.0 Å². The molecular weight excluding hydrogens is 288 g/mol. The molecule has 2 aliphatic heterocycles. The predicted octanol–water partition coefficient (Wildman–Crippen LogP) is 3.13. The van der Waals surface area contributed by atoms with Crippen molar-refractivity contribution in [3.63, 3.8) is 0 Å². The Morgan fingerprint density at radius 3 is 2.35 bits per heavy atom. The monoisotopic (exact) mass is 316 g/mol. The number of amides is 1. The number of anilines is 1. The molecule has 1 amide bonds. The van der Waals surface area contributed by atoms with E-state index in [1.54, 1.807) is 0 Å². The van der Waals surface area contributed by atoms with Gasteiger partial charge in [0.25, 0.3) is 0 Å². The Hall–Kier alpha value is -1.39. The Morgan fingerprint density at radius 2 is 1.74 bits per heavy atom. The number of hydrogen-bond acceptors (Lipinski definition) is 3. The molecule has 0 aromatic heterocycles. The minimum Gasteiger partial charge on any atom is -0.381 e. The molecule has 3 rings (SSSR count). The zero-order valence-corrected chi connectivity index (χ0v) is 14.4. The number of nitrogens with zero attached hydrogens (tertiary/aromatic N) is 1. The van der Waals surface area contributed by atoms with Gasteiger partial charge >= 0.3 is 0 Å². The third-order valence-corrected chi connectivity index (χ3v) is 5.58. The van der Waals surface area contributed by atoms with Crippen LogP contribution in [0.3, 0.4) is 0 Å². The highest BCUT2D eigenvalue weighted by Gasteiger charge is 2.36. The van der Waals surface area contributed by atoms with Crippen LogP contribution in [0.15, 0.2) is 18.2 Å². The molecular formula is C19H28N2O2. The zero-order chi connectivity index (χ0) is 16.3. The van der Waals surface area contributed by atoms with E-state index >= 15 is 0 Å². The summed E-state index contributed by atoms with van der Waals surface area (Å²) in [6.45, 7) is 8.46. The normalized spacial score (nSPS) is 21.3. The first-order chi connectivity index (χ1) is 11.1. The predicted molar refractivity (Wildman–Crippen MR) is 92.7 cm³/mol. The lowest BCUT2D eigenvalue weighted by atomic mass is 9.72. The number of rotatable bonds is 3. The molecule has 2 saturated heterocycles. The number of piperidine rings is 1. The first-order valence-corrected chi connectivity index (χ1v) is 8.74. The average Bonchev–Trinajstić information content (AvgIpc) is 2.54. The van der Waals surface area contributed by atoms with E-state index in [4.69, 9.17) is 4.74 Å². The lowest BCUT2D eigenvalue weighted by Crippen LogP contribution is -2.45. The second-order valence-electron chi connectivity index (χ2n) is 7.20. The van der Waals surface area contributed by atoms with E-state index in [1.807, 2.05) is 32.0 Å². The van der Waals surface area contributed by atoms with Gasteiger partial charge in [-0.2, -0.15) is 0 Å². The molecule has 0 saturated carbocycles. The van der Waals surface area contributed by atoms with Gasteiger partial charge in [-0.15, -0.1) is 0 Å². The van der Waals surface area contributed by atoms with Crippen molar-refractivity contribution in [1.29, 1.82) is 0 Å². The van der Waals surface area contributed by atoms with Crippen LogP contribution >= 0.6 is 0 Å². The van der Waals surface area contributed by atoms with Gasteiger partial charge < -0.3 is 10.1 Å². The fourth-order valence-electron chi connectivity index (χ4n) is 3.88. The van der Waals surface area contributed by atoms with Gasteiger partial charge in [0.1, 0.15) is 0 Å². The summed E-state index contributed by atoms with van der Waals surface area (Å²) in [5, 5.41) is 3.10. The van der Waals surface area contributed by atoms with Crippen LogP contribution in [0.4, 0.5) is 5.69 Å². The molecule has 1 aromatic rings. The summed E-state index contributed by atoms with van der Waals surface area (Å²) in [5.41, 5.74) is 3.70. The van der Waals surface area contributed by atoms with Crippen molar-refractivity contribution in [2.75, 3.05) is 38.2 Å². The summed E-state index contributed by atoms with van der Waals surface area (Å²) in [6, 6.07) is 6.11. The fourth-order valence-corrected chi connectivity index (χ4v) is 3.88.